The molecule has 0 saturated carbocycles. The summed E-state index contributed by atoms with van der Waals surface area (Å²) in [5.41, 5.74) is 1.22. The van der Waals surface area contributed by atoms with Gasteiger partial charge in [0.25, 0.3) is 0 Å². The summed E-state index contributed by atoms with van der Waals surface area (Å²) >= 11 is 0. The first kappa shape index (κ1) is 8.99. The number of rotatable bonds is 4. The van der Waals surface area contributed by atoms with Crippen LogP contribution in [0.3, 0.4) is 0 Å². The van der Waals surface area contributed by atoms with Gasteiger partial charge >= 0.3 is 0 Å². The van der Waals surface area contributed by atoms with Gasteiger partial charge in [-0.05, 0) is 13.3 Å². The van der Waals surface area contributed by atoms with Crippen LogP contribution in [0.25, 0.3) is 0 Å². The van der Waals surface area contributed by atoms with Gasteiger partial charge in [-0.1, -0.05) is 0 Å². The lowest BCUT2D eigenvalue weighted by atomic mass is 10.4. The van der Waals surface area contributed by atoms with Crippen LogP contribution in [0.4, 0.5) is 0 Å². The molecule has 2 rings (SSSR count). The molecule has 0 atom stereocenters. The van der Waals surface area contributed by atoms with E-state index in [4.69, 9.17) is 0 Å². The monoisotopic (exact) mass is 190 g/mol. The number of aryl methyl sites for hydroxylation is 3. The summed E-state index contributed by atoms with van der Waals surface area (Å²) in [7, 11) is 0. The molecule has 0 aromatic carbocycles. The van der Waals surface area contributed by atoms with Gasteiger partial charge in [0.2, 0.25) is 0 Å². The number of nitrogens with zero attached hydrogens (tertiary/aromatic N) is 4. The standard InChI is InChI=1S/C10H14N4/c1-10-7-12-9-14(10)5-2-4-13-6-3-11-8-13/h3,6-9H,2,4-5H2,1H3. The predicted molar refractivity (Wildman–Crippen MR) is 53.8 cm³/mol. The zero-order valence-corrected chi connectivity index (χ0v) is 8.30. The van der Waals surface area contributed by atoms with Gasteiger partial charge in [0, 0.05) is 37.4 Å². The van der Waals surface area contributed by atoms with Crippen LogP contribution in [0.15, 0.2) is 31.2 Å². The predicted octanol–water partition coefficient (Wildman–Crippen LogP) is 1.48. The van der Waals surface area contributed by atoms with Gasteiger partial charge in [-0.15, -0.1) is 0 Å². The minimum absolute atomic E-state index is 1.01. The first-order valence-corrected chi connectivity index (χ1v) is 4.79. The second kappa shape index (κ2) is 4.09. The van der Waals surface area contributed by atoms with Crippen molar-refractivity contribution in [3.8, 4) is 0 Å². The molecule has 2 aromatic rings. The van der Waals surface area contributed by atoms with Crippen LogP contribution in [0, 0.1) is 6.92 Å². The van der Waals surface area contributed by atoms with Crippen molar-refractivity contribution in [2.24, 2.45) is 0 Å². The highest BCUT2D eigenvalue weighted by Crippen LogP contribution is 1.99. The van der Waals surface area contributed by atoms with Crippen LogP contribution in [0.1, 0.15) is 12.1 Å². The number of hydrogen-bond donors (Lipinski definition) is 0. The van der Waals surface area contributed by atoms with Crippen molar-refractivity contribution in [3.63, 3.8) is 0 Å². The Labute approximate surface area is 83.2 Å². The van der Waals surface area contributed by atoms with E-state index in [2.05, 4.69) is 26.0 Å². The van der Waals surface area contributed by atoms with Crippen LogP contribution in [-0.4, -0.2) is 19.1 Å². The van der Waals surface area contributed by atoms with E-state index in [1.54, 1.807) is 0 Å². The first-order valence-electron chi connectivity index (χ1n) is 4.79. The van der Waals surface area contributed by atoms with Crippen LogP contribution < -0.4 is 0 Å². The van der Waals surface area contributed by atoms with Crippen molar-refractivity contribution >= 4 is 0 Å². The van der Waals surface area contributed by atoms with E-state index in [0.717, 1.165) is 19.5 Å². The van der Waals surface area contributed by atoms with E-state index in [0.29, 0.717) is 0 Å². The normalized spacial score (nSPS) is 10.6. The lowest BCUT2D eigenvalue weighted by Gasteiger charge is -2.05. The molecular weight excluding hydrogens is 176 g/mol. The maximum absolute atomic E-state index is 4.08. The highest BCUT2D eigenvalue weighted by molar-refractivity contribution is 4.93. The van der Waals surface area contributed by atoms with Gasteiger partial charge in [-0.25, -0.2) is 9.97 Å². The molecule has 0 unspecified atom stereocenters. The Morgan fingerprint density at radius 1 is 1.21 bits per heavy atom. The Kier molecular flexibility index (Phi) is 2.62. The first-order chi connectivity index (χ1) is 6.86. The highest BCUT2D eigenvalue weighted by atomic mass is 15.1. The average molecular weight is 190 g/mol. The molecule has 0 radical (unpaired) electrons. The molecular formula is C10H14N4. The number of hydrogen-bond acceptors (Lipinski definition) is 2. The average Bonchev–Trinajstić information content (AvgIpc) is 2.78. The third kappa shape index (κ3) is 2.02. The lowest BCUT2D eigenvalue weighted by molar-refractivity contribution is 0.556. The quantitative estimate of drug-likeness (QED) is 0.732. The summed E-state index contributed by atoms with van der Waals surface area (Å²) in [4.78, 5) is 8.08. The van der Waals surface area contributed by atoms with E-state index in [9.17, 15) is 0 Å². The maximum atomic E-state index is 4.08. The van der Waals surface area contributed by atoms with E-state index < -0.39 is 0 Å². The van der Waals surface area contributed by atoms with E-state index in [1.807, 2.05) is 31.2 Å². The molecule has 4 heteroatoms. The van der Waals surface area contributed by atoms with Gasteiger partial charge in [0.15, 0.2) is 0 Å². The molecule has 0 spiro atoms. The Balaban J connectivity index is 1.81. The van der Waals surface area contributed by atoms with Crippen LogP contribution >= 0.6 is 0 Å². The maximum Gasteiger partial charge on any atom is 0.0948 e. The van der Waals surface area contributed by atoms with Crippen LogP contribution in [0.5, 0.6) is 0 Å². The molecule has 0 aliphatic heterocycles. The molecule has 2 heterocycles. The van der Waals surface area contributed by atoms with Gasteiger partial charge in [0.05, 0.1) is 12.7 Å². The molecule has 4 nitrogen and oxygen atoms in total. The fourth-order valence-corrected chi connectivity index (χ4v) is 1.46. The molecule has 74 valence electrons. The van der Waals surface area contributed by atoms with E-state index in [-0.39, 0.29) is 0 Å². The lowest BCUT2D eigenvalue weighted by Crippen LogP contribution is -2.03. The van der Waals surface area contributed by atoms with Gasteiger partial charge in [0.1, 0.15) is 0 Å². The van der Waals surface area contributed by atoms with E-state index >= 15 is 0 Å². The molecule has 0 aliphatic carbocycles. The third-order valence-corrected chi connectivity index (χ3v) is 2.29. The van der Waals surface area contributed by atoms with Gasteiger partial charge in [-0.3, -0.25) is 0 Å². The van der Waals surface area contributed by atoms with Crippen LogP contribution in [-0.2, 0) is 13.1 Å². The summed E-state index contributed by atoms with van der Waals surface area (Å²) < 4.78 is 4.25. The molecule has 2 aromatic heterocycles. The summed E-state index contributed by atoms with van der Waals surface area (Å²) in [5, 5.41) is 0. The topological polar surface area (TPSA) is 35.6 Å². The van der Waals surface area contributed by atoms with Crippen LogP contribution in [0.2, 0.25) is 0 Å². The third-order valence-electron chi connectivity index (χ3n) is 2.29. The Hall–Kier alpha value is -1.58. The molecule has 14 heavy (non-hydrogen) atoms. The minimum Gasteiger partial charge on any atom is -0.337 e. The fourth-order valence-electron chi connectivity index (χ4n) is 1.46. The zero-order valence-electron chi connectivity index (χ0n) is 8.30. The summed E-state index contributed by atoms with van der Waals surface area (Å²) in [5.74, 6) is 0. The Bertz CT molecular complexity index is 374. The van der Waals surface area contributed by atoms with Crippen molar-refractivity contribution < 1.29 is 0 Å². The van der Waals surface area contributed by atoms with Crippen molar-refractivity contribution in [3.05, 3.63) is 36.9 Å². The number of imidazole rings is 2. The van der Waals surface area contributed by atoms with Crippen molar-refractivity contribution in [2.75, 3.05) is 0 Å². The second-order valence-electron chi connectivity index (χ2n) is 3.38. The Morgan fingerprint density at radius 3 is 2.79 bits per heavy atom. The molecule has 0 aliphatic rings. The molecule has 0 fully saturated rings. The SMILES string of the molecule is Cc1cncn1CCCn1ccnc1. The Morgan fingerprint density at radius 2 is 2.14 bits per heavy atom. The molecule has 0 N–H and O–H groups in total. The molecule has 0 saturated heterocycles. The summed E-state index contributed by atoms with van der Waals surface area (Å²) in [6.45, 7) is 4.10. The van der Waals surface area contributed by atoms with Crippen molar-refractivity contribution in [1.82, 2.24) is 19.1 Å². The van der Waals surface area contributed by atoms with Crippen molar-refractivity contribution in [1.29, 1.82) is 0 Å². The largest absolute Gasteiger partial charge is 0.337 e. The fraction of sp³-hybridized carbons (Fsp3) is 0.400. The molecule has 0 bridgehead atoms. The number of aromatic nitrogens is 4. The summed E-state index contributed by atoms with van der Waals surface area (Å²) in [6, 6.07) is 0. The van der Waals surface area contributed by atoms with E-state index in [1.165, 1.54) is 5.69 Å². The van der Waals surface area contributed by atoms with Gasteiger partial charge < -0.3 is 9.13 Å². The second-order valence-corrected chi connectivity index (χ2v) is 3.38. The van der Waals surface area contributed by atoms with Crippen molar-refractivity contribution in [2.45, 2.75) is 26.4 Å². The smallest absolute Gasteiger partial charge is 0.0948 e. The summed E-state index contributed by atoms with van der Waals surface area (Å²) in [6.07, 6.45) is 10.5. The minimum atomic E-state index is 1.01. The zero-order chi connectivity index (χ0) is 9.80. The van der Waals surface area contributed by atoms with Gasteiger partial charge in [-0.2, -0.15) is 0 Å². The molecule has 0 amide bonds. The highest BCUT2D eigenvalue weighted by Gasteiger charge is 1.96.